The molecule has 0 saturated heterocycles. The first-order valence-corrected chi connectivity index (χ1v) is 7.15. The van der Waals surface area contributed by atoms with Gasteiger partial charge in [-0.25, -0.2) is 0 Å². The van der Waals surface area contributed by atoms with E-state index < -0.39 is 6.10 Å². The van der Waals surface area contributed by atoms with Crippen molar-refractivity contribution in [2.75, 3.05) is 0 Å². The van der Waals surface area contributed by atoms with Gasteiger partial charge in [-0.15, -0.1) is 0 Å². The molecular formula is C14H24N2O2. The Morgan fingerprint density at radius 3 is 2.83 bits per heavy atom. The maximum absolute atomic E-state index is 11.6. The highest BCUT2D eigenvalue weighted by Crippen LogP contribution is 2.27. The summed E-state index contributed by atoms with van der Waals surface area (Å²) in [5.41, 5.74) is 0. The molecule has 2 rings (SSSR count). The summed E-state index contributed by atoms with van der Waals surface area (Å²) in [5.74, 6) is 0.834. The van der Waals surface area contributed by atoms with Crippen LogP contribution in [0, 0.1) is 11.8 Å². The van der Waals surface area contributed by atoms with Gasteiger partial charge in [0.25, 0.3) is 11.9 Å². The van der Waals surface area contributed by atoms with E-state index in [2.05, 4.69) is 17.2 Å². The Hall–Kier alpha value is -1.06. The average molecular weight is 252 g/mol. The van der Waals surface area contributed by atoms with E-state index in [-0.39, 0.29) is 11.8 Å². The van der Waals surface area contributed by atoms with Crippen LogP contribution in [0.5, 0.6) is 0 Å². The van der Waals surface area contributed by atoms with Crippen LogP contribution in [0.1, 0.15) is 52.9 Å². The molecule has 0 aromatic heterocycles. The molecule has 3 atom stereocenters. The number of ether oxygens (including phenoxy) is 1. The van der Waals surface area contributed by atoms with Crippen LogP contribution < -0.4 is 5.32 Å². The van der Waals surface area contributed by atoms with Gasteiger partial charge in [-0.3, -0.25) is 4.79 Å². The highest BCUT2D eigenvalue weighted by Gasteiger charge is 2.33. The number of nitrogens with one attached hydrogen (secondary N) is 1. The van der Waals surface area contributed by atoms with Crippen molar-refractivity contribution in [1.29, 1.82) is 0 Å². The van der Waals surface area contributed by atoms with Crippen LogP contribution in [0.3, 0.4) is 0 Å². The molecule has 102 valence electrons. The second kappa shape index (κ2) is 5.72. The van der Waals surface area contributed by atoms with Gasteiger partial charge in [0.1, 0.15) is 0 Å². The molecule has 1 aliphatic carbocycles. The number of nitrogens with zero attached hydrogens (tertiary/aromatic N) is 1. The van der Waals surface area contributed by atoms with Gasteiger partial charge in [0, 0.05) is 6.04 Å². The van der Waals surface area contributed by atoms with Gasteiger partial charge in [0.2, 0.25) is 0 Å². The van der Waals surface area contributed by atoms with E-state index in [0.29, 0.717) is 12.1 Å². The number of amides is 1. The molecule has 0 spiro atoms. The second-order valence-electron chi connectivity index (χ2n) is 5.82. The summed E-state index contributed by atoms with van der Waals surface area (Å²) in [4.78, 5) is 15.6. The smallest absolute Gasteiger partial charge is 0.293 e. The molecular weight excluding hydrogens is 228 g/mol. The summed E-state index contributed by atoms with van der Waals surface area (Å²) in [6.45, 7) is 6.21. The number of hydrogen-bond acceptors (Lipinski definition) is 3. The Morgan fingerprint density at radius 2 is 2.22 bits per heavy atom. The number of rotatable bonds is 3. The fraction of sp³-hybridized carbons (Fsp3) is 0.857. The standard InChI is InChI=1S/C14H24N2O2/c1-4-10-6-5-7-11(8-10)15-14-16-13(17)12(18-14)9(2)3/h9-12H,4-8H2,1-3H3,(H,15,16,17)/t10-,11?,12?/m1/s1. The summed E-state index contributed by atoms with van der Waals surface area (Å²) < 4.78 is 5.60. The molecule has 4 heteroatoms. The Bertz CT molecular complexity index is 339. The fourth-order valence-electron chi connectivity index (χ4n) is 2.82. The molecule has 0 radical (unpaired) electrons. The van der Waals surface area contributed by atoms with Gasteiger partial charge in [-0.2, -0.15) is 4.99 Å². The van der Waals surface area contributed by atoms with E-state index in [1.807, 2.05) is 13.8 Å². The predicted molar refractivity (Wildman–Crippen MR) is 71.3 cm³/mol. The molecule has 1 saturated carbocycles. The molecule has 2 unspecified atom stereocenters. The van der Waals surface area contributed by atoms with Crippen molar-refractivity contribution < 1.29 is 9.53 Å². The van der Waals surface area contributed by atoms with Gasteiger partial charge in [-0.1, -0.05) is 40.0 Å². The molecule has 0 aromatic carbocycles. The van der Waals surface area contributed by atoms with Crippen molar-refractivity contribution in [1.82, 2.24) is 5.32 Å². The van der Waals surface area contributed by atoms with Crippen molar-refractivity contribution in [3.8, 4) is 0 Å². The van der Waals surface area contributed by atoms with E-state index in [1.165, 1.54) is 25.7 Å². The zero-order chi connectivity index (χ0) is 13.1. The Balaban J connectivity index is 1.87. The van der Waals surface area contributed by atoms with E-state index in [1.54, 1.807) is 0 Å². The predicted octanol–water partition coefficient (Wildman–Crippen LogP) is 2.48. The maximum atomic E-state index is 11.6. The van der Waals surface area contributed by atoms with Gasteiger partial charge in [-0.05, 0) is 24.7 Å². The minimum atomic E-state index is -0.391. The molecule has 1 heterocycles. The van der Waals surface area contributed by atoms with Crippen molar-refractivity contribution in [3.63, 3.8) is 0 Å². The van der Waals surface area contributed by atoms with Crippen LogP contribution in [0.4, 0.5) is 0 Å². The third-order valence-corrected chi connectivity index (χ3v) is 3.99. The molecule has 0 aromatic rings. The van der Waals surface area contributed by atoms with Crippen molar-refractivity contribution in [3.05, 3.63) is 0 Å². The van der Waals surface area contributed by atoms with Crippen LogP contribution >= 0.6 is 0 Å². The quantitative estimate of drug-likeness (QED) is 0.839. The Labute approximate surface area is 109 Å². The zero-order valence-corrected chi connectivity index (χ0v) is 11.6. The van der Waals surface area contributed by atoms with Gasteiger partial charge in [0.15, 0.2) is 6.10 Å². The first-order valence-electron chi connectivity index (χ1n) is 7.15. The highest BCUT2D eigenvalue weighted by atomic mass is 16.5. The van der Waals surface area contributed by atoms with Crippen LogP contribution in [-0.4, -0.2) is 24.1 Å². The summed E-state index contributed by atoms with van der Waals surface area (Å²) in [7, 11) is 0. The lowest BCUT2D eigenvalue weighted by Crippen LogP contribution is -2.39. The van der Waals surface area contributed by atoms with Gasteiger partial charge < -0.3 is 10.1 Å². The minimum Gasteiger partial charge on any atom is -0.451 e. The Morgan fingerprint density at radius 1 is 1.44 bits per heavy atom. The van der Waals surface area contributed by atoms with Crippen molar-refractivity contribution >= 4 is 11.9 Å². The topological polar surface area (TPSA) is 50.7 Å². The lowest BCUT2D eigenvalue weighted by molar-refractivity contribution is -0.124. The molecule has 1 amide bonds. The Kier molecular flexibility index (Phi) is 4.25. The largest absolute Gasteiger partial charge is 0.451 e. The number of carbonyl (C=O) groups excluding carboxylic acids is 1. The van der Waals surface area contributed by atoms with E-state index in [0.717, 1.165) is 12.3 Å². The highest BCUT2D eigenvalue weighted by molar-refractivity contribution is 5.98. The van der Waals surface area contributed by atoms with Crippen LogP contribution in [0.15, 0.2) is 4.99 Å². The van der Waals surface area contributed by atoms with E-state index in [4.69, 9.17) is 4.74 Å². The SMILES string of the molecule is CC[C@@H]1CCCC(NC2=NC(=O)C(C(C)C)O2)C1. The first kappa shape index (κ1) is 13.4. The molecule has 1 fully saturated rings. The van der Waals surface area contributed by atoms with Crippen molar-refractivity contribution in [2.24, 2.45) is 16.8 Å². The summed E-state index contributed by atoms with van der Waals surface area (Å²) >= 11 is 0. The molecule has 1 N–H and O–H groups in total. The number of hydrogen-bond donors (Lipinski definition) is 1. The zero-order valence-electron chi connectivity index (χ0n) is 11.6. The summed E-state index contributed by atoms with van der Waals surface area (Å²) in [6, 6.07) is 0.863. The van der Waals surface area contributed by atoms with Gasteiger partial charge >= 0.3 is 0 Å². The lowest BCUT2D eigenvalue weighted by Gasteiger charge is -2.29. The summed E-state index contributed by atoms with van der Waals surface area (Å²) in [5, 5.41) is 3.30. The van der Waals surface area contributed by atoms with Crippen LogP contribution in [0.25, 0.3) is 0 Å². The number of carbonyl (C=O) groups is 1. The molecule has 4 nitrogen and oxygen atoms in total. The maximum Gasteiger partial charge on any atom is 0.293 e. The monoisotopic (exact) mass is 252 g/mol. The average Bonchev–Trinajstić information content (AvgIpc) is 2.70. The normalized spacial score (nSPS) is 32.3. The lowest BCUT2D eigenvalue weighted by atomic mass is 9.84. The third kappa shape index (κ3) is 3.03. The fourth-order valence-corrected chi connectivity index (χ4v) is 2.82. The first-order chi connectivity index (χ1) is 8.60. The van der Waals surface area contributed by atoms with Gasteiger partial charge in [0.05, 0.1) is 0 Å². The van der Waals surface area contributed by atoms with E-state index in [9.17, 15) is 4.79 Å². The number of amidine groups is 1. The summed E-state index contributed by atoms with van der Waals surface area (Å²) in [6.07, 6.45) is 5.75. The van der Waals surface area contributed by atoms with Crippen LogP contribution in [0.2, 0.25) is 0 Å². The van der Waals surface area contributed by atoms with Crippen molar-refractivity contribution in [2.45, 2.75) is 65.0 Å². The second-order valence-corrected chi connectivity index (χ2v) is 5.82. The minimum absolute atomic E-state index is 0.143. The third-order valence-electron chi connectivity index (χ3n) is 3.99. The molecule has 1 aliphatic heterocycles. The molecule has 2 aliphatic rings. The van der Waals surface area contributed by atoms with E-state index >= 15 is 0 Å². The number of aliphatic imine (C=N–C) groups is 1. The molecule has 18 heavy (non-hydrogen) atoms. The van der Waals surface area contributed by atoms with Crippen LogP contribution in [-0.2, 0) is 9.53 Å². The molecule has 0 bridgehead atoms.